The van der Waals surface area contributed by atoms with Crippen LogP contribution in [0.4, 0.5) is 26.3 Å². The van der Waals surface area contributed by atoms with Gasteiger partial charge in [-0.1, -0.05) is 0 Å². The lowest BCUT2D eigenvalue weighted by molar-refractivity contribution is -0.150. The van der Waals surface area contributed by atoms with Gasteiger partial charge in [-0.3, -0.25) is 15.0 Å². The maximum Gasteiger partial charge on any atom is 0.391 e. The average molecular weight is 529 g/mol. The number of halogens is 6. The highest BCUT2D eigenvalue weighted by molar-refractivity contribution is 5.82. The minimum Gasteiger partial charge on any atom is -0.484 e. The zero-order chi connectivity index (χ0) is 27.4. The lowest BCUT2D eigenvalue weighted by Crippen LogP contribution is -2.50. The number of ether oxygens (including phenoxy) is 3. The van der Waals surface area contributed by atoms with E-state index < -0.39 is 49.0 Å². The lowest BCUT2D eigenvalue weighted by Gasteiger charge is -2.30. The first-order valence-electron chi connectivity index (χ1n) is 10.5. The molecule has 0 radical (unpaired) electrons. The molecular weight excluding hydrogens is 500 g/mol. The predicted octanol–water partition coefficient (Wildman–Crippen LogP) is 3.00. The number of nitrogens with zero attached hydrogens (tertiary/aromatic N) is 3. The molecule has 1 unspecified atom stereocenters. The zero-order valence-electron chi connectivity index (χ0n) is 19.8. The Kier molecular flexibility index (Phi) is 12.6. The summed E-state index contributed by atoms with van der Waals surface area (Å²) in [4.78, 5) is 12.4. The highest BCUT2D eigenvalue weighted by Crippen LogP contribution is 2.31. The molecule has 1 aromatic rings. The quantitative estimate of drug-likeness (QED) is 0.120. The van der Waals surface area contributed by atoms with Crippen LogP contribution in [0.15, 0.2) is 28.4 Å². The largest absolute Gasteiger partial charge is 0.484 e. The van der Waals surface area contributed by atoms with Gasteiger partial charge in [-0.15, -0.1) is 5.10 Å². The number of amides is 1. The molecule has 0 spiro atoms. The second kappa shape index (κ2) is 14.6. The first kappa shape index (κ1) is 31.1. The lowest BCUT2D eigenvalue weighted by atomic mass is 10.1. The maximum atomic E-state index is 13.2. The van der Waals surface area contributed by atoms with E-state index in [1.807, 2.05) is 7.05 Å². The third-order valence-electron chi connectivity index (χ3n) is 4.49. The van der Waals surface area contributed by atoms with Crippen LogP contribution in [0.1, 0.15) is 25.3 Å². The van der Waals surface area contributed by atoms with Gasteiger partial charge in [0.15, 0.2) is 13.4 Å². The summed E-state index contributed by atoms with van der Waals surface area (Å²) in [6.45, 7) is 4.19. The number of primary amides is 1. The van der Waals surface area contributed by atoms with E-state index in [-0.39, 0.29) is 24.5 Å². The molecule has 1 fully saturated rings. The SMILES string of the molecule is C=N/N=C(\OCOCCC(F)(F)F)C1CCN(C)CN1.CC(F)(F)c1ccc(OCC(N)=O)cc1F. The molecule has 0 aliphatic carbocycles. The van der Waals surface area contributed by atoms with E-state index in [0.717, 1.165) is 31.2 Å². The van der Waals surface area contributed by atoms with E-state index >= 15 is 0 Å². The van der Waals surface area contributed by atoms with Gasteiger partial charge in [0, 0.05) is 32.9 Å². The van der Waals surface area contributed by atoms with Gasteiger partial charge in [0.1, 0.15) is 11.6 Å². The van der Waals surface area contributed by atoms with Gasteiger partial charge in [-0.05, 0) is 25.6 Å². The number of rotatable bonds is 10. The Hall–Kier alpha value is -2.91. The Morgan fingerprint density at radius 2 is 2.00 bits per heavy atom. The molecule has 1 aliphatic rings. The van der Waals surface area contributed by atoms with Gasteiger partial charge in [0.2, 0.25) is 5.90 Å². The summed E-state index contributed by atoms with van der Waals surface area (Å²) in [5.41, 5.74) is 4.08. The van der Waals surface area contributed by atoms with Gasteiger partial charge in [0.05, 0.1) is 24.6 Å². The summed E-state index contributed by atoms with van der Waals surface area (Å²) in [5, 5.41) is 10.3. The summed E-state index contributed by atoms with van der Waals surface area (Å²) < 4.78 is 89.3. The van der Waals surface area contributed by atoms with Gasteiger partial charge in [-0.2, -0.15) is 18.3 Å². The van der Waals surface area contributed by atoms with Crippen molar-refractivity contribution in [3.05, 3.63) is 29.6 Å². The number of benzene rings is 1. The molecule has 1 atom stereocenters. The Morgan fingerprint density at radius 1 is 1.31 bits per heavy atom. The van der Waals surface area contributed by atoms with Crippen LogP contribution in [0.5, 0.6) is 5.75 Å². The molecule has 1 saturated heterocycles. The van der Waals surface area contributed by atoms with Crippen LogP contribution in [0.2, 0.25) is 0 Å². The molecule has 1 aliphatic heterocycles. The minimum atomic E-state index is -4.23. The van der Waals surface area contributed by atoms with Crippen molar-refractivity contribution >= 4 is 18.5 Å². The fraction of sp³-hybridized carbons (Fsp3) is 0.571. The summed E-state index contributed by atoms with van der Waals surface area (Å²) in [6, 6.07) is 2.71. The number of nitrogens with two attached hydrogens (primary N) is 1. The van der Waals surface area contributed by atoms with Gasteiger partial charge < -0.3 is 19.9 Å². The van der Waals surface area contributed by atoms with E-state index in [0.29, 0.717) is 13.6 Å². The number of carbonyl (C=O) groups is 1. The molecule has 3 N–H and O–H groups in total. The summed E-state index contributed by atoms with van der Waals surface area (Å²) >= 11 is 0. The molecule has 0 aromatic heterocycles. The van der Waals surface area contributed by atoms with Crippen LogP contribution >= 0.6 is 0 Å². The molecule has 0 bridgehead atoms. The van der Waals surface area contributed by atoms with Gasteiger partial charge in [-0.25, -0.2) is 13.2 Å². The third-order valence-corrected chi connectivity index (χ3v) is 4.49. The normalized spacial score (nSPS) is 17.1. The number of hydrogen-bond donors (Lipinski definition) is 2. The van der Waals surface area contributed by atoms with Crippen molar-refractivity contribution in [3.63, 3.8) is 0 Å². The molecule has 1 aromatic carbocycles. The second-order valence-electron chi connectivity index (χ2n) is 7.68. The number of hydrogen-bond acceptors (Lipinski definition) is 8. The van der Waals surface area contributed by atoms with Crippen LogP contribution in [-0.4, -0.2) is 75.9 Å². The molecule has 36 heavy (non-hydrogen) atoms. The highest BCUT2D eigenvalue weighted by Gasteiger charge is 2.28. The number of alkyl halides is 5. The summed E-state index contributed by atoms with van der Waals surface area (Å²) in [7, 11) is 1.97. The monoisotopic (exact) mass is 529 g/mol. The fourth-order valence-electron chi connectivity index (χ4n) is 2.72. The number of carbonyl (C=O) groups excluding carboxylic acids is 1. The van der Waals surface area contributed by atoms with Crippen molar-refractivity contribution in [2.75, 3.05) is 40.3 Å². The second-order valence-corrected chi connectivity index (χ2v) is 7.68. The van der Waals surface area contributed by atoms with Crippen molar-refractivity contribution in [3.8, 4) is 5.75 Å². The molecule has 15 heteroatoms. The Labute approximate surface area is 204 Å². The van der Waals surface area contributed by atoms with Crippen LogP contribution in [0.3, 0.4) is 0 Å². The maximum absolute atomic E-state index is 13.2. The van der Waals surface area contributed by atoms with Gasteiger partial charge >= 0.3 is 6.18 Å². The van der Waals surface area contributed by atoms with E-state index in [9.17, 15) is 31.1 Å². The van der Waals surface area contributed by atoms with E-state index in [2.05, 4.69) is 27.1 Å². The summed E-state index contributed by atoms with van der Waals surface area (Å²) in [5.74, 6) is -4.82. The van der Waals surface area contributed by atoms with Crippen LogP contribution in [-0.2, 0) is 20.2 Å². The average Bonchev–Trinajstić information content (AvgIpc) is 2.76. The van der Waals surface area contributed by atoms with Crippen molar-refractivity contribution in [1.29, 1.82) is 0 Å². The zero-order valence-corrected chi connectivity index (χ0v) is 19.8. The van der Waals surface area contributed by atoms with E-state index in [1.165, 1.54) is 0 Å². The minimum absolute atomic E-state index is 0.0238. The first-order valence-corrected chi connectivity index (χ1v) is 10.5. The standard InChI is InChI=1S/C11H19F3N4O2.C10H10F3NO2/c1-15-17-10(9-3-5-18(2)7-16-9)20-8-19-6-4-11(12,13)14;1-10(12,13)7-3-2-6(4-8(7)11)16-5-9(14)15/h9,16H,1,3-8H2,2H3;2-4H,5H2,1H3,(H2,14,15)/b17-10-;. The Bertz CT molecular complexity index is 871. The Balaban J connectivity index is 0.000000369. The molecule has 1 heterocycles. The Morgan fingerprint density at radius 3 is 2.50 bits per heavy atom. The fourth-order valence-corrected chi connectivity index (χ4v) is 2.72. The van der Waals surface area contributed by atoms with Crippen LogP contribution in [0.25, 0.3) is 0 Å². The molecule has 9 nitrogen and oxygen atoms in total. The molecule has 0 saturated carbocycles. The van der Waals surface area contributed by atoms with Crippen LogP contribution in [0, 0.1) is 5.82 Å². The van der Waals surface area contributed by atoms with E-state index in [4.69, 9.17) is 19.9 Å². The van der Waals surface area contributed by atoms with Crippen LogP contribution < -0.4 is 15.8 Å². The molecule has 2 rings (SSSR count). The van der Waals surface area contributed by atoms with E-state index in [1.54, 1.807) is 0 Å². The topological polar surface area (TPSA) is 111 Å². The molecule has 1 amide bonds. The summed E-state index contributed by atoms with van der Waals surface area (Å²) in [6.07, 6.45) is -4.47. The smallest absolute Gasteiger partial charge is 0.391 e. The number of nitrogens with one attached hydrogen (secondary N) is 1. The predicted molar refractivity (Wildman–Crippen MR) is 119 cm³/mol. The van der Waals surface area contributed by atoms with Gasteiger partial charge in [0.25, 0.3) is 11.8 Å². The van der Waals surface area contributed by atoms with Crippen molar-refractivity contribution < 1.29 is 45.3 Å². The van der Waals surface area contributed by atoms with Crippen molar-refractivity contribution in [1.82, 2.24) is 10.2 Å². The molecular formula is C21H29F6N5O4. The van der Waals surface area contributed by atoms with Crippen molar-refractivity contribution in [2.24, 2.45) is 15.9 Å². The first-order chi connectivity index (χ1) is 16.7. The van der Waals surface area contributed by atoms with Crippen molar-refractivity contribution in [2.45, 2.75) is 37.9 Å². The highest BCUT2D eigenvalue weighted by atomic mass is 19.4. The third kappa shape index (κ3) is 12.7. The molecule has 204 valence electrons.